The fourth-order valence-electron chi connectivity index (χ4n) is 11.3. The van der Waals surface area contributed by atoms with Crippen LogP contribution in [0.2, 0.25) is 0 Å². The average Bonchev–Trinajstić information content (AvgIpc) is 4.15. The predicted octanol–water partition coefficient (Wildman–Crippen LogP) is 8.84. The van der Waals surface area contributed by atoms with E-state index in [2.05, 4.69) is 37.7 Å². The van der Waals surface area contributed by atoms with Crippen molar-refractivity contribution < 1.29 is 33.8 Å². The second kappa shape index (κ2) is 26.3. The van der Waals surface area contributed by atoms with E-state index in [-0.39, 0.29) is 52.4 Å². The number of nitrogens with zero attached hydrogens (tertiary/aromatic N) is 9. The van der Waals surface area contributed by atoms with Gasteiger partial charge >= 0.3 is 11.9 Å². The van der Waals surface area contributed by atoms with Crippen LogP contribution in [0.1, 0.15) is 40.5 Å². The van der Waals surface area contributed by atoms with Crippen molar-refractivity contribution in [3.63, 3.8) is 0 Å². The van der Waals surface area contributed by atoms with Crippen LogP contribution in [0.4, 0.5) is 11.9 Å². The lowest BCUT2D eigenvalue weighted by molar-refractivity contribution is -0.397. The molecule has 8 aromatic rings. The molecule has 0 fully saturated rings. The number of nitro groups is 2. The molecule has 8 rings (SSSR count). The maximum absolute atomic E-state index is 16.7. The molecule has 0 radical (unpaired) electrons. The topological polar surface area (TPSA) is 223 Å². The molecule has 2 atom stereocenters. The fraction of sp³-hybridized carbons (Fsp3) is 0.300. The Hall–Kier alpha value is -6.97. The Labute approximate surface area is 473 Å². The van der Waals surface area contributed by atoms with E-state index in [1.165, 1.54) is 33.9 Å². The molecule has 81 heavy (non-hydrogen) atoms. The normalized spacial score (nSPS) is 13.4. The second-order valence-electron chi connectivity index (χ2n) is 21.8. The van der Waals surface area contributed by atoms with Crippen LogP contribution in [0, 0.1) is 31.1 Å². The van der Waals surface area contributed by atoms with E-state index in [1.54, 1.807) is 28.9 Å². The lowest BCUT2D eigenvalue weighted by Crippen LogP contribution is -2.46. The standard InChI is InChI=1S/C60H70N9O9P3/c1-59(2,46-60(3,4)48-67(45-50(71)43-64-41-37-62-58(64)69(74)75)81(78,55-32-19-9-20-33-55)56-34-21-10-22-35-56)47-66(80(77,53-28-15-7-16-29-53)54-30-17-8-18-31-54)39-23-38-65(44-49(70)42-63-40-36-61-57(63)68(72)73)79(76,51-24-11-5-12-25-51)52-26-13-6-14-27-52/h5-22,24-37,40-41,49-50,70-71H,23,38-39,42-48H2,1-4H3. The molecule has 0 bridgehead atoms. The van der Waals surface area contributed by atoms with Crippen molar-refractivity contribution in [2.24, 2.45) is 10.8 Å². The van der Waals surface area contributed by atoms with E-state index in [1.807, 2.05) is 167 Å². The van der Waals surface area contributed by atoms with E-state index < -0.39 is 66.7 Å². The summed E-state index contributed by atoms with van der Waals surface area (Å²) in [6, 6.07) is 55.2. The zero-order valence-corrected chi connectivity index (χ0v) is 48.7. The number of hydrogen-bond acceptors (Lipinski definition) is 11. The Morgan fingerprint density at radius 1 is 0.469 bits per heavy atom. The average molecular weight is 1150 g/mol. The molecule has 0 spiro atoms. The summed E-state index contributed by atoms with van der Waals surface area (Å²) in [6.07, 6.45) is 3.81. The zero-order chi connectivity index (χ0) is 57.8. The van der Waals surface area contributed by atoms with Crippen LogP contribution in [0.3, 0.4) is 0 Å². The lowest BCUT2D eigenvalue weighted by atomic mass is 9.75. The first-order valence-corrected chi connectivity index (χ1v) is 31.8. The van der Waals surface area contributed by atoms with Gasteiger partial charge in [0.1, 0.15) is 24.8 Å². The first-order valence-electron chi connectivity index (χ1n) is 26.8. The minimum Gasteiger partial charge on any atom is -0.390 e. The molecule has 0 aliphatic carbocycles. The first kappa shape index (κ1) is 60.1. The SMILES string of the molecule is CC(C)(CN(CCCN(CC(O)Cn1ccnc1[N+](=O)[O-])P(=O)(c1ccccc1)c1ccccc1)P(=O)(c1ccccc1)c1ccccc1)CC(C)(C)CN(CC(O)Cn1ccnc1[N+](=O)[O-])P(=O)(c1ccccc1)c1ccccc1. The summed E-state index contributed by atoms with van der Waals surface area (Å²) >= 11 is 0. The number of rotatable bonds is 29. The molecule has 0 saturated heterocycles. The van der Waals surface area contributed by atoms with E-state index in [0.717, 1.165) is 0 Å². The third kappa shape index (κ3) is 14.2. The van der Waals surface area contributed by atoms with Crippen LogP contribution in [-0.2, 0) is 26.8 Å². The maximum Gasteiger partial charge on any atom is 0.434 e. The minimum absolute atomic E-state index is 0.121. The van der Waals surface area contributed by atoms with Gasteiger partial charge in [-0.1, -0.05) is 147 Å². The Kier molecular flexibility index (Phi) is 19.5. The summed E-state index contributed by atoms with van der Waals surface area (Å²) in [5.74, 6) is -0.852. The molecule has 2 heterocycles. The molecule has 18 nitrogen and oxygen atoms in total. The Morgan fingerprint density at radius 3 is 1.06 bits per heavy atom. The molecule has 2 aromatic heterocycles. The van der Waals surface area contributed by atoms with Gasteiger partial charge in [0.05, 0.1) is 25.3 Å². The largest absolute Gasteiger partial charge is 0.434 e. The quantitative estimate of drug-likeness (QED) is 0.0254. The second-order valence-corrected chi connectivity index (χ2v) is 30.1. The highest BCUT2D eigenvalue weighted by Crippen LogP contribution is 2.53. The number of aromatic nitrogens is 4. The molecular formula is C60H70N9O9P3. The highest BCUT2D eigenvalue weighted by molar-refractivity contribution is 7.77. The third-order valence-electron chi connectivity index (χ3n) is 14.2. The van der Waals surface area contributed by atoms with Gasteiger partial charge in [0, 0.05) is 71.1 Å². The van der Waals surface area contributed by atoms with E-state index in [0.29, 0.717) is 44.7 Å². The molecule has 6 aromatic carbocycles. The fourth-order valence-corrected chi connectivity index (χ4v) is 20.4. The Bertz CT molecular complexity index is 3340. The van der Waals surface area contributed by atoms with Crippen LogP contribution in [0.25, 0.3) is 0 Å². The van der Waals surface area contributed by atoms with Gasteiger partial charge in [-0.15, -0.1) is 0 Å². The Balaban J connectivity index is 1.16. The summed E-state index contributed by atoms with van der Waals surface area (Å²) in [5, 5.41) is 51.0. The van der Waals surface area contributed by atoms with Gasteiger partial charge in [-0.2, -0.15) is 0 Å². The van der Waals surface area contributed by atoms with Gasteiger partial charge < -0.3 is 30.4 Å². The molecule has 0 aliphatic heterocycles. The van der Waals surface area contributed by atoms with Crippen LogP contribution in [-0.4, -0.2) is 105 Å². The van der Waals surface area contributed by atoms with Gasteiger partial charge in [-0.3, -0.25) is 13.7 Å². The van der Waals surface area contributed by atoms with E-state index in [9.17, 15) is 30.4 Å². The molecule has 21 heteroatoms. The van der Waals surface area contributed by atoms with Crippen LogP contribution < -0.4 is 31.8 Å². The van der Waals surface area contributed by atoms with Gasteiger partial charge in [-0.05, 0) is 106 Å². The third-order valence-corrected chi connectivity index (χ3v) is 23.6. The van der Waals surface area contributed by atoms with Gasteiger partial charge in [0.15, 0.2) is 0 Å². The molecular weight excluding hydrogens is 1080 g/mol. The summed E-state index contributed by atoms with van der Waals surface area (Å²) in [4.78, 5) is 30.3. The number of aliphatic hydroxyl groups is 2. The zero-order valence-electron chi connectivity index (χ0n) is 46.0. The van der Waals surface area contributed by atoms with Crippen LogP contribution in [0.15, 0.2) is 207 Å². The van der Waals surface area contributed by atoms with Crippen molar-refractivity contribution in [3.8, 4) is 0 Å². The van der Waals surface area contributed by atoms with Crippen molar-refractivity contribution in [2.75, 3.05) is 39.3 Å². The maximum atomic E-state index is 16.7. The van der Waals surface area contributed by atoms with Crippen molar-refractivity contribution >= 4 is 65.6 Å². The summed E-state index contributed by atoms with van der Waals surface area (Å²) in [7, 11) is -11.2. The number of benzene rings is 6. The summed E-state index contributed by atoms with van der Waals surface area (Å²) < 4.78 is 57.4. The molecule has 0 aliphatic rings. The van der Waals surface area contributed by atoms with Crippen molar-refractivity contribution in [3.05, 3.63) is 227 Å². The predicted molar refractivity (Wildman–Crippen MR) is 321 cm³/mol. The molecule has 2 unspecified atom stereocenters. The molecule has 0 saturated carbocycles. The smallest absolute Gasteiger partial charge is 0.390 e. The van der Waals surface area contributed by atoms with Gasteiger partial charge in [-0.25, -0.2) is 23.1 Å². The first-order chi connectivity index (χ1) is 38.7. The highest BCUT2D eigenvalue weighted by Gasteiger charge is 2.44. The molecule has 2 N–H and O–H groups in total. The number of aliphatic hydroxyl groups excluding tert-OH is 2. The number of hydrogen-bond donors (Lipinski definition) is 2. The summed E-state index contributed by atoms with van der Waals surface area (Å²) in [5.41, 5.74) is -1.32. The highest BCUT2D eigenvalue weighted by atomic mass is 31.2. The van der Waals surface area contributed by atoms with E-state index in [4.69, 9.17) is 0 Å². The van der Waals surface area contributed by atoms with Crippen LogP contribution >= 0.6 is 21.9 Å². The lowest BCUT2D eigenvalue weighted by Gasteiger charge is -2.44. The minimum atomic E-state index is -3.75. The number of imidazole rings is 2. The molecule has 424 valence electrons. The van der Waals surface area contributed by atoms with Gasteiger partial charge in [0.2, 0.25) is 21.9 Å². The molecule has 0 amide bonds. The Morgan fingerprint density at radius 2 is 0.741 bits per heavy atom. The van der Waals surface area contributed by atoms with Gasteiger partial charge in [0.25, 0.3) is 0 Å². The van der Waals surface area contributed by atoms with E-state index >= 15 is 13.7 Å². The van der Waals surface area contributed by atoms with Crippen LogP contribution in [0.5, 0.6) is 0 Å². The van der Waals surface area contributed by atoms with Crippen molar-refractivity contribution in [2.45, 2.75) is 65.8 Å². The summed E-state index contributed by atoms with van der Waals surface area (Å²) in [6.45, 7) is 8.60. The van der Waals surface area contributed by atoms with Crippen molar-refractivity contribution in [1.82, 2.24) is 33.1 Å². The van der Waals surface area contributed by atoms with Crippen molar-refractivity contribution in [1.29, 1.82) is 0 Å². The monoisotopic (exact) mass is 1150 g/mol.